The van der Waals surface area contributed by atoms with Crippen molar-refractivity contribution in [1.82, 2.24) is 0 Å². The molecular formula is C64H81NO. The lowest BCUT2D eigenvalue weighted by molar-refractivity contribution is 0.530. The van der Waals surface area contributed by atoms with Crippen molar-refractivity contribution in [3.8, 4) is 11.1 Å². The van der Waals surface area contributed by atoms with Crippen LogP contribution in [0, 0.1) is 0 Å². The topological polar surface area (TPSA) is 16.4 Å². The lowest BCUT2D eigenvalue weighted by Gasteiger charge is -2.33. The largest absolute Gasteiger partial charge is 0.461 e. The summed E-state index contributed by atoms with van der Waals surface area (Å²) in [5.74, 6) is 1.18. The molecule has 0 unspecified atom stereocenters. The molecular weight excluding hydrogens is 799 g/mol. The molecule has 0 amide bonds. The van der Waals surface area contributed by atoms with Crippen molar-refractivity contribution in [3.05, 3.63) is 182 Å². The standard InChI is InChI=1S/C60H69NO.2C2H6/c1-10-16-20-41(13-4)43-28-31-47(32-29-43)61(55-36-30-46(38-40(55)7)44-24-26-45(27-25-44)51-22-18-21-42(14-5)50(51)19-12-3)48-33-34-52-53-35-37-57-58(59(53)60(8,9)54(52)39-48)49(15-6)56(62-57)23-17-11-2;2*1-2/h12-13,16,19-21,24,26,28-29,31-35,37-39H,10-11,14-15,17-18,22-23,25,27,30,36H2,1-9H3;2*1-2H3/b19-12-,20-16-,41-13+;;. The molecule has 1 heterocycles. The second kappa shape index (κ2) is 22.9. The number of rotatable bonds is 14. The molecule has 0 saturated heterocycles. The number of anilines is 2. The zero-order valence-corrected chi connectivity index (χ0v) is 43.2. The van der Waals surface area contributed by atoms with Crippen LogP contribution in [-0.2, 0) is 18.3 Å². The lowest BCUT2D eigenvalue weighted by Crippen LogP contribution is -2.21. The Morgan fingerprint density at radius 3 is 2.11 bits per heavy atom. The van der Waals surface area contributed by atoms with Gasteiger partial charge in [0.1, 0.15) is 11.3 Å². The molecule has 4 aromatic rings. The maximum Gasteiger partial charge on any atom is 0.134 e. The highest BCUT2D eigenvalue weighted by Gasteiger charge is 2.39. The first-order valence-corrected chi connectivity index (χ1v) is 26.0. The molecule has 2 nitrogen and oxygen atoms in total. The van der Waals surface area contributed by atoms with Gasteiger partial charge in [0.25, 0.3) is 0 Å². The highest BCUT2D eigenvalue weighted by atomic mass is 16.3. The fraction of sp³-hybridized carbons (Fsp3) is 0.406. The number of fused-ring (bicyclic) bond motifs is 5. The summed E-state index contributed by atoms with van der Waals surface area (Å²) in [5.41, 5.74) is 24.5. The molecule has 0 bridgehead atoms. The van der Waals surface area contributed by atoms with Crippen LogP contribution in [0.4, 0.5) is 11.4 Å². The first-order valence-electron chi connectivity index (χ1n) is 26.0. The second-order valence-corrected chi connectivity index (χ2v) is 18.3. The van der Waals surface area contributed by atoms with Gasteiger partial charge in [-0.2, -0.15) is 0 Å². The third-order valence-electron chi connectivity index (χ3n) is 14.2. The second-order valence-electron chi connectivity index (χ2n) is 18.3. The van der Waals surface area contributed by atoms with E-state index in [1.165, 1.54) is 107 Å². The van der Waals surface area contributed by atoms with E-state index in [2.05, 4.69) is 176 Å². The summed E-state index contributed by atoms with van der Waals surface area (Å²) < 4.78 is 6.64. The van der Waals surface area contributed by atoms with Crippen molar-refractivity contribution < 1.29 is 4.42 Å². The van der Waals surface area contributed by atoms with Crippen LogP contribution in [0.15, 0.2) is 158 Å². The van der Waals surface area contributed by atoms with E-state index in [1.807, 2.05) is 27.7 Å². The first kappa shape index (κ1) is 50.1. The van der Waals surface area contributed by atoms with Crippen LogP contribution in [-0.4, -0.2) is 0 Å². The quantitative estimate of drug-likeness (QED) is 0.117. The highest BCUT2D eigenvalue weighted by Crippen LogP contribution is 2.54. The molecule has 4 aliphatic carbocycles. The summed E-state index contributed by atoms with van der Waals surface area (Å²) in [7, 11) is 0. The average Bonchev–Trinajstić information content (AvgIpc) is 3.83. The lowest BCUT2D eigenvalue weighted by atomic mass is 9.79. The molecule has 66 heavy (non-hydrogen) atoms. The summed E-state index contributed by atoms with van der Waals surface area (Å²) >= 11 is 0. The van der Waals surface area contributed by atoms with E-state index >= 15 is 0 Å². The Balaban J connectivity index is 0.00000175. The van der Waals surface area contributed by atoms with Gasteiger partial charge in [0, 0.05) is 39.9 Å². The van der Waals surface area contributed by atoms with Crippen molar-refractivity contribution in [2.45, 2.75) is 172 Å². The third-order valence-corrected chi connectivity index (χ3v) is 14.2. The number of allylic oxidation sites excluding steroid dienone is 18. The molecule has 2 heteroatoms. The van der Waals surface area contributed by atoms with Gasteiger partial charge in [0.2, 0.25) is 0 Å². The minimum atomic E-state index is -0.184. The zero-order valence-electron chi connectivity index (χ0n) is 43.2. The van der Waals surface area contributed by atoms with Gasteiger partial charge in [-0.1, -0.05) is 155 Å². The van der Waals surface area contributed by atoms with Crippen molar-refractivity contribution in [2.24, 2.45) is 0 Å². The maximum atomic E-state index is 6.64. The van der Waals surface area contributed by atoms with Crippen molar-refractivity contribution >= 4 is 27.9 Å². The average molecular weight is 880 g/mol. The summed E-state index contributed by atoms with van der Waals surface area (Å²) in [6, 6.07) is 21.1. The summed E-state index contributed by atoms with van der Waals surface area (Å²) in [4.78, 5) is 2.57. The van der Waals surface area contributed by atoms with Crippen LogP contribution >= 0.6 is 0 Å². The van der Waals surface area contributed by atoms with E-state index in [4.69, 9.17) is 4.42 Å². The smallest absolute Gasteiger partial charge is 0.134 e. The van der Waals surface area contributed by atoms with Gasteiger partial charge in [-0.15, -0.1) is 0 Å². The monoisotopic (exact) mass is 880 g/mol. The molecule has 0 N–H and O–H groups in total. The number of aryl methyl sites for hydroxylation is 2. The Morgan fingerprint density at radius 2 is 1.47 bits per heavy atom. The predicted molar refractivity (Wildman–Crippen MR) is 291 cm³/mol. The molecule has 0 atom stereocenters. The molecule has 0 fully saturated rings. The van der Waals surface area contributed by atoms with Gasteiger partial charge < -0.3 is 9.32 Å². The number of hydrogen-bond acceptors (Lipinski definition) is 2. The highest BCUT2D eigenvalue weighted by molar-refractivity contribution is 5.98. The molecule has 348 valence electrons. The SMILES string of the molecule is C/C=C\C1=C(C2=CC=C(C3=CC(C)=C(N(c4ccc(C(/C=C\CC)=C/C)cc4)c4ccc5c(c4)C(C)(C)c4c-5ccc5oc(CCCC)c(CC)c45)CC3)CC2)CCC=C1CC.CC.CC. The zero-order chi connectivity index (χ0) is 47.5. The van der Waals surface area contributed by atoms with E-state index in [-0.39, 0.29) is 5.41 Å². The number of nitrogens with zero attached hydrogens (tertiary/aromatic N) is 1. The fourth-order valence-electron chi connectivity index (χ4n) is 11.0. The fourth-order valence-corrected chi connectivity index (χ4v) is 11.0. The minimum absolute atomic E-state index is 0.184. The Hall–Kier alpha value is -5.34. The van der Waals surface area contributed by atoms with Gasteiger partial charge in [-0.25, -0.2) is 0 Å². The molecule has 8 rings (SSSR count). The van der Waals surface area contributed by atoms with E-state index in [1.54, 1.807) is 5.57 Å². The first-order chi connectivity index (χ1) is 32.2. The Morgan fingerprint density at radius 1 is 0.773 bits per heavy atom. The Labute approximate surface area is 401 Å². The van der Waals surface area contributed by atoms with Crippen molar-refractivity contribution in [2.75, 3.05) is 4.90 Å². The van der Waals surface area contributed by atoms with Crippen molar-refractivity contribution in [3.63, 3.8) is 0 Å². The molecule has 0 radical (unpaired) electrons. The number of unbranched alkanes of at least 4 members (excludes halogenated alkanes) is 1. The van der Waals surface area contributed by atoms with Gasteiger partial charge in [0.05, 0.1) is 0 Å². The van der Waals surface area contributed by atoms with Crippen molar-refractivity contribution in [1.29, 1.82) is 0 Å². The Bertz CT molecular complexity index is 2650. The third kappa shape index (κ3) is 9.86. The van der Waals surface area contributed by atoms with Gasteiger partial charge in [-0.05, 0) is 188 Å². The van der Waals surface area contributed by atoms with E-state index in [0.29, 0.717) is 0 Å². The summed E-state index contributed by atoms with van der Waals surface area (Å²) in [6.07, 6.45) is 34.1. The van der Waals surface area contributed by atoms with E-state index < -0.39 is 0 Å². The van der Waals surface area contributed by atoms with Crippen LogP contribution in [0.3, 0.4) is 0 Å². The number of benzene rings is 3. The number of furan rings is 1. The summed E-state index contributed by atoms with van der Waals surface area (Å²) in [6.45, 7) is 28.5. The van der Waals surface area contributed by atoms with Gasteiger partial charge in [0.15, 0.2) is 0 Å². The van der Waals surface area contributed by atoms with Crippen LogP contribution in [0.2, 0.25) is 0 Å². The Kier molecular flexibility index (Phi) is 17.4. The molecule has 3 aromatic carbocycles. The van der Waals surface area contributed by atoms with Gasteiger partial charge >= 0.3 is 0 Å². The van der Waals surface area contributed by atoms with E-state index in [9.17, 15) is 0 Å². The maximum absolute atomic E-state index is 6.64. The van der Waals surface area contributed by atoms with Crippen LogP contribution in [0.25, 0.3) is 27.7 Å². The number of hydrogen-bond donors (Lipinski definition) is 0. The van der Waals surface area contributed by atoms with Gasteiger partial charge in [-0.3, -0.25) is 0 Å². The predicted octanol–water partition coefficient (Wildman–Crippen LogP) is 19.8. The molecule has 1 aromatic heterocycles. The summed E-state index contributed by atoms with van der Waals surface area (Å²) in [5, 5.41) is 1.35. The molecule has 4 aliphatic rings. The van der Waals surface area contributed by atoms with Crippen LogP contribution < -0.4 is 4.90 Å². The molecule has 0 spiro atoms. The molecule has 0 saturated carbocycles. The van der Waals surface area contributed by atoms with Crippen LogP contribution in [0.5, 0.6) is 0 Å². The molecule has 0 aliphatic heterocycles. The normalized spacial score (nSPS) is 16.9. The minimum Gasteiger partial charge on any atom is -0.461 e. The van der Waals surface area contributed by atoms with Crippen LogP contribution in [0.1, 0.15) is 182 Å². The van der Waals surface area contributed by atoms with E-state index in [0.717, 1.165) is 76.2 Å².